The molecule has 0 saturated carbocycles. The van der Waals surface area contributed by atoms with Gasteiger partial charge < -0.3 is 5.32 Å². The molecule has 1 N–H and O–H groups in total. The van der Waals surface area contributed by atoms with Crippen LogP contribution in [0.15, 0.2) is 42.6 Å². The molecule has 0 unspecified atom stereocenters. The lowest BCUT2D eigenvalue weighted by atomic mass is 10.2. The second-order valence-electron chi connectivity index (χ2n) is 4.97. The lowest BCUT2D eigenvalue weighted by molar-refractivity contribution is -0.384. The van der Waals surface area contributed by atoms with E-state index < -0.39 is 10.8 Å². The average Bonchev–Trinajstić information content (AvgIpc) is 2.98. The van der Waals surface area contributed by atoms with Crippen LogP contribution in [0.25, 0.3) is 5.65 Å². The summed E-state index contributed by atoms with van der Waals surface area (Å²) >= 11 is 5.93. The molecule has 0 aliphatic heterocycles. The molecule has 2 aromatic heterocycles. The first-order valence-electron chi connectivity index (χ1n) is 7.07. The smallest absolute Gasteiger partial charge is 0.270 e. The quantitative estimate of drug-likeness (QED) is 0.564. The molecule has 3 rings (SSSR count). The van der Waals surface area contributed by atoms with Crippen LogP contribution in [0.4, 0.5) is 5.69 Å². The van der Waals surface area contributed by atoms with Crippen molar-refractivity contribution in [3.63, 3.8) is 0 Å². The average molecular weight is 346 g/mol. The highest BCUT2D eigenvalue weighted by atomic mass is 35.5. The van der Waals surface area contributed by atoms with Gasteiger partial charge in [-0.2, -0.15) is 0 Å². The number of nitro groups is 1. The minimum Gasteiger partial charge on any atom is -0.352 e. The minimum atomic E-state index is -0.566. The Morgan fingerprint density at radius 1 is 1.29 bits per heavy atom. The molecular formula is C15H12ClN5O3. The number of carbonyl (C=O) groups excluding carboxylic acids is 1. The molecule has 8 nitrogen and oxygen atoms in total. The summed E-state index contributed by atoms with van der Waals surface area (Å²) in [7, 11) is 0. The Balaban J connectivity index is 1.64. The highest BCUT2D eigenvalue weighted by molar-refractivity contribution is 6.34. The van der Waals surface area contributed by atoms with Crippen LogP contribution in [-0.4, -0.2) is 32.0 Å². The predicted octanol–water partition coefficient (Wildman–Crippen LogP) is 2.26. The van der Waals surface area contributed by atoms with E-state index in [2.05, 4.69) is 15.5 Å². The second-order valence-corrected chi connectivity index (χ2v) is 5.38. The zero-order valence-corrected chi connectivity index (χ0v) is 13.1. The highest BCUT2D eigenvalue weighted by Gasteiger charge is 2.15. The SMILES string of the molecule is O=C(NCCc1nnc2ccccn12)c1ccc([N+](=O)[O-])cc1Cl. The second kappa shape index (κ2) is 6.63. The van der Waals surface area contributed by atoms with Crippen LogP contribution in [0.1, 0.15) is 16.2 Å². The van der Waals surface area contributed by atoms with Crippen molar-refractivity contribution in [3.05, 3.63) is 69.1 Å². The van der Waals surface area contributed by atoms with E-state index in [0.29, 0.717) is 13.0 Å². The predicted molar refractivity (Wildman–Crippen MR) is 87.1 cm³/mol. The van der Waals surface area contributed by atoms with Crippen molar-refractivity contribution in [3.8, 4) is 0 Å². The number of benzene rings is 1. The molecule has 1 aromatic carbocycles. The van der Waals surface area contributed by atoms with Gasteiger partial charge in [0.15, 0.2) is 5.65 Å². The maximum absolute atomic E-state index is 12.1. The van der Waals surface area contributed by atoms with Gasteiger partial charge in [-0.05, 0) is 18.2 Å². The molecule has 122 valence electrons. The van der Waals surface area contributed by atoms with Gasteiger partial charge in [0, 0.05) is 31.3 Å². The van der Waals surface area contributed by atoms with E-state index in [1.807, 2.05) is 28.8 Å². The molecule has 0 aliphatic carbocycles. The number of hydrogen-bond donors (Lipinski definition) is 1. The minimum absolute atomic E-state index is 0.0367. The number of nitro benzene ring substituents is 1. The van der Waals surface area contributed by atoms with Gasteiger partial charge in [-0.15, -0.1) is 10.2 Å². The molecule has 0 aliphatic rings. The molecule has 9 heteroatoms. The summed E-state index contributed by atoms with van der Waals surface area (Å²) < 4.78 is 1.84. The maximum atomic E-state index is 12.1. The molecule has 3 aromatic rings. The number of aromatic nitrogens is 3. The van der Waals surface area contributed by atoms with Gasteiger partial charge in [0.2, 0.25) is 0 Å². The van der Waals surface area contributed by atoms with Crippen LogP contribution in [-0.2, 0) is 6.42 Å². The molecule has 0 saturated heterocycles. The third-order valence-electron chi connectivity index (χ3n) is 3.43. The molecule has 24 heavy (non-hydrogen) atoms. The fourth-order valence-corrected chi connectivity index (χ4v) is 2.51. The zero-order chi connectivity index (χ0) is 17.1. The Kier molecular flexibility index (Phi) is 4.39. The molecule has 0 radical (unpaired) electrons. The molecule has 0 fully saturated rings. The van der Waals surface area contributed by atoms with E-state index in [1.54, 1.807) is 0 Å². The maximum Gasteiger partial charge on any atom is 0.270 e. The summed E-state index contributed by atoms with van der Waals surface area (Å²) in [4.78, 5) is 22.2. The normalized spacial score (nSPS) is 10.7. The van der Waals surface area contributed by atoms with Crippen molar-refractivity contribution in [1.82, 2.24) is 19.9 Å². The van der Waals surface area contributed by atoms with Crippen LogP contribution in [0.3, 0.4) is 0 Å². The molecular weight excluding hydrogens is 334 g/mol. The Hall–Kier alpha value is -3.00. The van der Waals surface area contributed by atoms with Gasteiger partial charge in [0.25, 0.3) is 11.6 Å². The number of halogens is 1. The van der Waals surface area contributed by atoms with E-state index in [-0.39, 0.29) is 16.3 Å². The molecule has 0 atom stereocenters. The number of non-ortho nitro benzene ring substituents is 1. The first kappa shape index (κ1) is 15.9. The molecule has 2 heterocycles. The third kappa shape index (κ3) is 3.18. The highest BCUT2D eigenvalue weighted by Crippen LogP contribution is 2.22. The number of carbonyl (C=O) groups is 1. The van der Waals surface area contributed by atoms with Crippen LogP contribution in [0.5, 0.6) is 0 Å². The number of nitrogens with zero attached hydrogens (tertiary/aromatic N) is 4. The van der Waals surface area contributed by atoms with E-state index in [1.165, 1.54) is 12.1 Å². The van der Waals surface area contributed by atoms with Crippen molar-refractivity contribution in [2.24, 2.45) is 0 Å². The molecule has 0 spiro atoms. The number of rotatable bonds is 5. The number of nitrogens with one attached hydrogen (secondary N) is 1. The van der Waals surface area contributed by atoms with Gasteiger partial charge in [0.1, 0.15) is 5.82 Å². The van der Waals surface area contributed by atoms with Crippen LogP contribution in [0.2, 0.25) is 5.02 Å². The van der Waals surface area contributed by atoms with Crippen LogP contribution >= 0.6 is 11.6 Å². The summed E-state index contributed by atoms with van der Waals surface area (Å²) in [5.74, 6) is 0.324. The summed E-state index contributed by atoms with van der Waals surface area (Å²) in [6, 6.07) is 9.31. The van der Waals surface area contributed by atoms with E-state index >= 15 is 0 Å². The largest absolute Gasteiger partial charge is 0.352 e. The van der Waals surface area contributed by atoms with Crippen molar-refractivity contribution in [2.75, 3.05) is 6.54 Å². The summed E-state index contributed by atoms with van der Waals surface area (Å²) in [5, 5.41) is 21.5. The number of amides is 1. The number of hydrogen-bond acceptors (Lipinski definition) is 5. The summed E-state index contributed by atoms with van der Waals surface area (Å²) in [6.07, 6.45) is 2.33. The lowest BCUT2D eigenvalue weighted by Crippen LogP contribution is -2.26. The first-order chi connectivity index (χ1) is 11.6. The number of fused-ring (bicyclic) bond motifs is 1. The van der Waals surface area contributed by atoms with Gasteiger partial charge in [-0.1, -0.05) is 17.7 Å². The standard InChI is InChI=1S/C15H12ClN5O3/c16-12-9-10(21(23)24)4-5-11(12)15(22)17-7-6-14-19-18-13-3-1-2-8-20(13)14/h1-5,8-9H,6-7H2,(H,17,22). The fourth-order valence-electron chi connectivity index (χ4n) is 2.25. The van der Waals surface area contributed by atoms with Gasteiger partial charge in [0.05, 0.1) is 15.5 Å². The van der Waals surface area contributed by atoms with Gasteiger partial charge >= 0.3 is 0 Å². The Morgan fingerprint density at radius 3 is 2.88 bits per heavy atom. The Labute approximate surface area is 141 Å². The zero-order valence-electron chi connectivity index (χ0n) is 12.3. The molecule has 1 amide bonds. The van der Waals surface area contributed by atoms with Crippen LogP contribution in [0, 0.1) is 10.1 Å². The summed E-state index contributed by atoms with van der Waals surface area (Å²) in [5.41, 5.74) is 0.761. The van der Waals surface area contributed by atoms with Crippen molar-refractivity contribution >= 4 is 28.8 Å². The van der Waals surface area contributed by atoms with Gasteiger partial charge in [-0.3, -0.25) is 19.3 Å². The lowest BCUT2D eigenvalue weighted by Gasteiger charge is -2.06. The Bertz CT molecular complexity index is 924. The van der Waals surface area contributed by atoms with Gasteiger partial charge in [-0.25, -0.2) is 0 Å². The summed E-state index contributed by atoms with van der Waals surface area (Å²) in [6.45, 7) is 0.335. The van der Waals surface area contributed by atoms with E-state index in [0.717, 1.165) is 17.5 Å². The van der Waals surface area contributed by atoms with Crippen molar-refractivity contribution in [1.29, 1.82) is 0 Å². The first-order valence-corrected chi connectivity index (χ1v) is 7.45. The topological polar surface area (TPSA) is 102 Å². The van der Waals surface area contributed by atoms with Crippen molar-refractivity contribution < 1.29 is 9.72 Å². The fraction of sp³-hybridized carbons (Fsp3) is 0.133. The monoisotopic (exact) mass is 345 g/mol. The van der Waals surface area contributed by atoms with E-state index in [9.17, 15) is 14.9 Å². The van der Waals surface area contributed by atoms with Crippen molar-refractivity contribution in [2.45, 2.75) is 6.42 Å². The Morgan fingerprint density at radius 2 is 2.12 bits per heavy atom. The van der Waals surface area contributed by atoms with Crippen LogP contribution < -0.4 is 5.32 Å². The third-order valence-corrected chi connectivity index (χ3v) is 3.74. The number of pyridine rings is 1. The van der Waals surface area contributed by atoms with E-state index in [4.69, 9.17) is 11.6 Å². The molecule has 0 bridgehead atoms.